The molecule has 1 aromatic rings. The summed E-state index contributed by atoms with van der Waals surface area (Å²) in [7, 11) is 0. The average molecular weight is 159 g/mol. The summed E-state index contributed by atoms with van der Waals surface area (Å²) in [6.07, 6.45) is 1.25. The fourth-order valence-electron chi connectivity index (χ4n) is 0.405. The summed E-state index contributed by atoms with van der Waals surface area (Å²) in [4.78, 5) is 14.0. The van der Waals surface area contributed by atoms with Crippen LogP contribution in [-0.4, -0.2) is 21.2 Å². The number of urea groups is 1. The Kier molecular flexibility index (Phi) is 1.76. The first-order chi connectivity index (χ1) is 4.72. The Morgan fingerprint density at radius 1 is 1.90 bits per heavy atom. The number of hydrogen-bond donors (Lipinski definition) is 3. The lowest BCUT2D eigenvalue weighted by Gasteiger charge is -2.05. The fourth-order valence-corrected chi connectivity index (χ4v) is 0.502. The van der Waals surface area contributed by atoms with E-state index in [1.807, 2.05) is 0 Å². The summed E-state index contributed by atoms with van der Waals surface area (Å²) < 4.78 is 0.854. The minimum atomic E-state index is -0.708. The molecule has 3 N–H and O–H groups in total. The highest BCUT2D eigenvalue weighted by molar-refractivity contribution is 7.82. The smallest absolute Gasteiger partial charge is 0.331 e. The van der Waals surface area contributed by atoms with E-state index in [0.29, 0.717) is 0 Å². The van der Waals surface area contributed by atoms with Gasteiger partial charge in [0, 0.05) is 0 Å². The Morgan fingerprint density at radius 2 is 2.60 bits per heavy atom. The number of primary amides is 1. The maximum absolute atomic E-state index is 10.4. The van der Waals surface area contributed by atoms with Crippen LogP contribution >= 0.6 is 12.8 Å². The van der Waals surface area contributed by atoms with Gasteiger partial charge < -0.3 is 5.73 Å². The zero-order chi connectivity index (χ0) is 7.56. The van der Waals surface area contributed by atoms with E-state index in [9.17, 15) is 4.79 Å². The quantitative estimate of drug-likeness (QED) is 0.484. The molecule has 0 aliphatic rings. The van der Waals surface area contributed by atoms with Crippen LogP contribution in [0.1, 0.15) is 0 Å². The van der Waals surface area contributed by atoms with E-state index in [0.717, 1.165) is 4.31 Å². The summed E-state index contributed by atoms with van der Waals surface area (Å²) >= 11 is 3.71. The summed E-state index contributed by atoms with van der Waals surface area (Å²) in [5.41, 5.74) is 4.85. The van der Waals surface area contributed by atoms with Crippen LogP contribution in [0, 0.1) is 0 Å². The standard InChI is InChI=1S/C3H5N5OS/c4-2(9)8(10)3-5-1-6-7-3/h1,10H,(H2,4,9)(H,5,6,7). The molecule has 7 heteroatoms. The number of rotatable bonds is 1. The number of carbonyl (C=O) groups excluding carboxylic acids is 1. The van der Waals surface area contributed by atoms with Crippen LogP contribution in [0.15, 0.2) is 6.33 Å². The second-order valence-corrected chi connectivity index (χ2v) is 1.86. The molecular weight excluding hydrogens is 154 g/mol. The molecule has 2 amide bonds. The van der Waals surface area contributed by atoms with Gasteiger partial charge in [0.15, 0.2) is 0 Å². The number of H-pyrrole nitrogens is 1. The summed E-state index contributed by atoms with van der Waals surface area (Å²) in [5.74, 6) is 0.204. The maximum Gasteiger partial charge on any atom is 0.331 e. The molecule has 0 atom stereocenters. The van der Waals surface area contributed by atoms with Crippen LogP contribution in [-0.2, 0) is 0 Å². The third-order valence-corrected chi connectivity index (χ3v) is 1.20. The van der Waals surface area contributed by atoms with Crippen molar-refractivity contribution < 1.29 is 4.79 Å². The van der Waals surface area contributed by atoms with Crippen molar-refractivity contribution in [3.8, 4) is 0 Å². The largest absolute Gasteiger partial charge is 0.350 e. The van der Waals surface area contributed by atoms with Crippen molar-refractivity contribution in [2.24, 2.45) is 5.73 Å². The number of carbonyl (C=O) groups is 1. The van der Waals surface area contributed by atoms with Crippen molar-refractivity contribution in [2.75, 3.05) is 4.31 Å². The number of anilines is 1. The van der Waals surface area contributed by atoms with Gasteiger partial charge in [0.25, 0.3) is 0 Å². The molecule has 0 fully saturated rings. The van der Waals surface area contributed by atoms with E-state index in [4.69, 9.17) is 5.73 Å². The molecule has 0 spiro atoms. The molecule has 0 unspecified atom stereocenters. The van der Waals surface area contributed by atoms with Gasteiger partial charge >= 0.3 is 6.03 Å². The first-order valence-electron chi connectivity index (χ1n) is 2.35. The zero-order valence-electron chi connectivity index (χ0n) is 4.85. The van der Waals surface area contributed by atoms with Gasteiger partial charge in [0.2, 0.25) is 5.95 Å². The van der Waals surface area contributed by atoms with Gasteiger partial charge in [0.05, 0.1) is 0 Å². The van der Waals surface area contributed by atoms with Crippen LogP contribution in [0.25, 0.3) is 0 Å². The van der Waals surface area contributed by atoms with Gasteiger partial charge in [-0.25, -0.2) is 14.2 Å². The monoisotopic (exact) mass is 159 g/mol. The summed E-state index contributed by atoms with van der Waals surface area (Å²) in [6.45, 7) is 0. The highest BCUT2D eigenvalue weighted by Gasteiger charge is 2.08. The molecule has 6 nitrogen and oxygen atoms in total. The number of nitrogens with one attached hydrogen (secondary N) is 1. The first-order valence-corrected chi connectivity index (χ1v) is 2.75. The van der Waals surface area contributed by atoms with E-state index in [1.54, 1.807) is 0 Å². The number of hydrogen-bond acceptors (Lipinski definition) is 4. The van der Waals surface area contributed by atoms with Gasteiger partial charge in [-0.3, -0.25) is 0 Å². The lowest BCUT2D eigenvalue weighted by atomic mass is 10.9. The highest BCUT2D eigenvalue weighted by Crippen LogP contribution is 2.04. The second kappa shape index (κ2) is 2.56. The van der Waals surface area contributed by atoms with Gasteiger partial charge in [0.1, 0.15) is 6.33 Å². The molecule has 1 rings (SSSR count). The van der Waals surface area contributed by atoms with Crippen molar-refractivity contribution >= 4 is 24.8 Å². The highest BCUT2D eigenvalue weighted by atomic mass is 32.1. The van der Waals surface area contributed by atoms with Crippen molar-refractivity contribution in [2.45, 2.75) is 0 Å². The summed E-state index contributed by atoms with van der Waals surface area (Å²) in [6, 6.07) is -0.708. The zero-order valence-corrected chi connectivity index (χ0v) is 5.75. The topological polar surface area (TPSA) is 87.9 Å². The van der Waals surface area contributed by atoms with Crippen molar-refractivity contribution in [1.82, 2.24) is 15.2 Å². The molecule has 0 saturated carbocycles. The minimum absolute atomic E-state index is 0.204. The molecular formula is C3H5N5OS. The lowest BCUT2D eigenvalue weighted by molar-refractivity contribution is 0.257. The second-order valence-electron chi connectivity index (χ2n) is 1.46. The van der Waals surface area contributed by atoms with Gasteiger partial charge in [-0.15, -0.1) is 0 Å². The molecule has 0 radical (unpaired) electrons. The molecule has 0 aliphatic heterocycles. The SMILES string of the molecule is NC(=O)N(S)c1ncn[nH]1. The Hall–Kier alpha value is -1.24. The van der Waals surface area contributed by atoms with E-state index in [2.05, 4.69) is 28.0 Å². The Labute approximate surface area is 62.0 Å². The number of nitrogens with zero attached hydrogens (tertiary/aromatic N) is 3. The first kappa shape index (κ1) is 6.87. The Bertz CT molecular complexity index is 221. The third kappa shape index (κ3) is 1.18. The van der Waals surface area contributed by atoms with Crippen molar-refractivity contribution in [1.29, 1.82) is 0 Å². The van der Waals surface area contributed by atoms with Crippen LogP contribution in [0.4, 0.5) is 10.7 Å². The molecule has 0 bridgehead atoms. The lowest BCUT2D eigenvalue weighted by Crippen LogP contribution is -2.27. The fraction of sp³-hybridized carbons (Fsp3) is 0. The van der Waals surface area contributed by atoms with Gasteiger partial charge in [-0.05, 0) is 0 Å². The van der Waals surface area contributed by atoms with E-state index in [1.165, 1.54) is 6.33 Å². The van der Waals surface area contributed by atoms with E-state index in [-0.39, 0.29) is 5.95 Å². The molecule has 1 aromatic heterocycles. The molecule has 0 aromatic carbocycles. The molecule has 10 heavy (non-hydrogen) atoms. The number of thiol groups is 1. The predicted octanol–water partition coefficient (Wildman–Crippen LogP) is -0.465. The normalized spacial score (nSPS) is 9.30. The average Bonchev–Trinajstić information content (AvgIpc) is 2.36. The number of aromatic amines is 1. The van der Waals surface area contributed by atoms with E-state index < -0.39 is 6.03 Å². The maximum atomic E-state index is 10.4. The van der Waals surface area contributed by atoms with Gasteiger partial charge in [-0.1, -0.05) is 12.8 Å². The number of aromatic nitrogens is 3. The van der Waals surface area contributed by atoms with E-state index >= 15 is 0 Å². The summed E-state index contributed by atoms with van der Waals surface area (Å²) in [5, 5.41) is 5.90. The Balaban J connectivity index is 2.77. The van der Waals surface area contributed by atoms with Crippen molar-refractivity contribution in [3.63, 3.8) is 0 Å². The Morgan fingerprint density at radius 3 is 3.00 bits per heavy atom. The number of amides is 2. The van der Waals surface area contributed by atoms with Crippen LogP contribution in [0.2, 0.25) is 0 Å². The molecule has 54 valence electrons. The number of nitrogens with two attached hydrogens (primary N) is 1. The van der Waals surface area contributed by atoms with Crippen LogP contribution in [0.3, 0.4) is 0 Å². The molecule has 0 saturated heterocycles. The van der Waals surface area contributed by atoms with Crippen molar-refractivity contribution in [3.05, 3.63) is 6.33 Å². The minimum Gasteiger partial charge on any atom is -0.350 e. The predicted molar refractivity (Wildman–Crippen MR) is 37.4 cm³/mol. The van der Waals surface area contributed by atoms with Gasteiger partial charge in [-0.2, -0.15) is 10.1 Å². The molecule has 0 aliphatic carbocycles. The van der Waals surface area contributed by atoms with Crippen LogP contribution < -0.4 is 10.0 Å². The third-order valence-electron chi connectivity index (χ3n) is 0.812. The van der Waals surface area contributed by atoms with Crippen LogP contribution in [0.5, 0.6) is 0 Å². The molecule has 1 heterocycles.